The van der Waals surface area contributed by atoms with Gasteiger partial charge in [-0.3, -0.25) is 9.59 Å². The van der Waals surface area contributed by atoms with Crippen LogP contribution < -0.4 is 0 Å². The van der Waals surface area contributed by atoms with E-state index in [0.717, 1.165) is 25.7 Å². The molecule has 0 aromatic rings. The van der Waals surface area contributed by atoms with E-state index in [9.17, 15) is 9.59 Å². The van der Waals surface area contributed by atoms with Gasteiger partial charge in [-0.2, -0.15) is 0 Å². The van der Waals surface area contributed by atoms with Gasteiger partial charge in [-0.25, -0.2) is 0 Å². The van der Waals surface area contributed by atoms with Crippen LogP contribution in [0.25, 0.3) is 0 Å². The fourth-order valence-corrected chi connectivity index (χ4v) is 2.25. The highest BCUT2D eigenvalue weighted by Gasteiger charge is 2.27. The van der Waals surface area contributed by atoms with Gasteiger partial charge < -0.3 is 14.9 Å². The van der Waals surface area contributed by atoms with Crippen molar-refractivity contribution in [2.45, 2.75) is 38.1 Å². The third-order valence-corrected chi connectivity index (χ3v) is 3.16. The number of aliphatic carboxylic acids is 1. The highest BCUT2D eigenvalue weighted by Crippen LogP contribution is 2.23. The zero-order valence-corrected chi connectivity index (χ0v) is 10.7. The molecule has 5 heteroatoms. The number of carboxylic acid groups (broad SMARTS) is 1. The maximum atomic E-state index is 12.0. The number of nitrogens with zero attached hydrogens (tertiary/aromatic N) is 2. The Bertz CT molecular complexity index is 273. The Hall–Kier alpha value is -1.10. The highest BCUT2D eigenvalue weighted by molar-refractivity contribution is 5.81. The average Bonchev–Trinajstić information content (AvgIpc) is 2.75. The summed E-state index contributed by atoms with van der Waals surface area (Å²) in [5.41, 5.74) is 0. The molecule has 1 saturated carbocycles. The lowest BCUT2D eigenvalue weighted by molar-refractivity contribution is -0.146. The van der Waals surface area contributed by atoms with Gasteiger partial charge in [0.05, 0.1) is 0 Å². The lowest BCUT2D eigenvalue weighted by Crippen LogP contribution is -2.43. The van der Waals surface area contributed by atoms with E-state index in [1.807, 2.05) is 19.0 Å². The lowest BCUT2D eigenvalue weighted by Gasteiger charge is -2.27. The lowest BCUT2D eigenvalue weighted by atomic mass is 10.2. The van der Waals surface area contributed by atoms with Crippen molar-refractivity contribution >= 4 is 11.9 Å². The van der Waals surface area contributed by atoms with Crippen LogP contribution >= 0.6 is 0 Å². The van der Waals surface area contributed by atoms with Crippen LogP contribution in [0.4, 0.5) is 0 Å². The first kappa shape index (κ1) is 14.0. The van der Waals surface area contributed by atoms with E-state index >= 15 is 0 Å². The number of amides is 1. The van der Waals surface area contributed by atoms with Crippen molar-refractivity contribution in [3.05, 3.63) is 0 Å². The van der Waals surface area contributed by atoms with Crippen molar-refractivity contribution in [1.82, 2.24) is 9.80 Å². The SMILES string of the molecule is CN(C)CCC(=O)N(CC(=O)O)C1CCCC1. The van der Waals surface area contributed by atoms with Gasteiger partial charge in [0.2, 0.25) is 5.91 Å². The molecule has 0 saturated heterocycles. The normalized spacial score (nSPS) is 16.4. The molecule has 0 unspecified atom stereocenters. The third kappa shape index (κ3) is 4.73. The van der Waals surface area contributed by atoms with E-state index in [-0.39, 0.29) is 18.5 Å². The number of hydrogen-bond donors (Lipinski definition) is 1. The predicted octanol–water partition coefficient (Wildman–Crippen LogP) is 0.794. The summed E-state index contributed by atoms with van der Waals surface area (Å²) < 4.78 is 0. The molecule has 0 aliphatic heterocycles. The zero-order valence-electron chi connectivity index (χ0n) is 10.7. The van der Waals surface area contributed by atoms with Gasteiger partial charge in [0, 0.05) is 19.0 Å². The third-order valence-electron chi connectivity index (χ3n) is 3.16. The first-order chi connectivity index (χ1) is 8.00. The molecule has 0 heterocycles. The van der Waals surface area contributed by atoms with Crippen molar-refractivity contribution in [2.24, 2.45) is 0 Å². The molecule has 1 rings (SSSR count). The minimum atomic E-state index is -0.921. The number of carbonyl (C=O) groups excluding carboxylic acids is 1. The standard InChI is InChI=1S/C12H22N2O3/c1-13(2)8-7-11(15)14(9-12(16)17)10-5-3-4-6-10/h10H,3-9H2,1-2H3,(H,16,17). The Labute approximate surface area is 102 Å². The predicted molar refractivity (Wildman–Crippen MR) is 64.8 cm³/mol. The summed E-state index contributed by atoms with van der Waals surface area (Å²) in [5.74, 6) is -0.955. The number of carboxylic acids is 1. The quantitative estimate of drug-likeness (QED) is 0.748. The van der Waals surface area contributed by atoms with Gasteiger partial charge in [-0.1, -0.05) is 12.8 Å². The van der Waals surface area contributed by atoms with Gasteiger partial charge in [0.25, 0.3) is 0 Å². The molecule has 1 aliphatic rings. The van der Waals surface area contributed by atoms with Crippen LogP contribution in [0.1, 0.15) is 32.1 Å². The largest absolute Gasteiger partial charge is 0.480 e. The van der Waals surface area contributed by atoms with Gasteiger partial charge in [0.15, 0.2) is 0 Å². The molecule has 0 radical (unpaired) electrons. The molecule has 1 fully saturated rings. The Morgan fingerprint density at radius 3 is 2.29 bits per heavy atom. The molecule has 1 N–H and O–H groups in total. The second-order valence-electron chi connectivity index (χ2n) is 4.91. The summed E-state index contributed by atoms with van der Waals surface area (Å²) in [7, 11) is 3.81. The second-order valence-corrected chi connectivity index (χ2v) is 4.91. The maximum Gasteiger partial charge on any atom is 0.323 e. The van der Waals surface area contributed by atoms with Gasteiger partial charge >= 0.3 is 5.97 Å². The molecule has 0 aromatic heterocycles. The minimum Gasteiger partial charge on any atom is -0.480 e. The second kappa shape index (κ2) is 6.59. The smallest absolute Gasteiger partial charge is 0.323 e. The van der Waals surface area contributed by atoms with Gasteiger partial charge in [-0.15, -0.1) is 0 Å². The Kier molecular flexibility index (Phi) is 5.41. The summed E-state index contributed by atoms with van der Waals surface area (Å²) in [6.45, 7) is 0.513. The summed E-state index contributed by atoms with van der Waals surface area (Å²) in [6.07, 6.45) is 4.49. The van der Waals surface area contributed by atoms with Gasteiger partial charge in [-0.05, 0) is 26.9 Å². The Morgan fingerprint density at radius 1 is 1.24 bits per heavy atom. The van der Waals surface area contributed by atoms with E-state index in [1.54, 1.807) is 4.90 Å². The first-order valence-electron chi connectivity index (χ1n) is 6.16. The van der Waals surface area contributed by atoms with Crippen LogP contribution in [0.5, 0.6) is 0 Å². The topological polar surface area (TPSA) is 60.9 Å². The monoisotopic (exact) mass is 242 g/mol. The van der Waals surface area contributed by atoms with Crippen LogP contribution in [0, 0.1) is 0 Å². The molecule has 98 valence electrons. The molecular weight excluding hydrogens is 220 g/mol. The molecular formula is C12H22N2O3. The van der Waals surface area contributed by atoms with E-state index < -0.39 is 5.97 Å². The Morgan fingerprint density at radius 2 is 1.82 bits per heavy atom. The van der Waals surface area contributed by atoms with Crippen molar-refractivity contribution in [3.8, 4) is 0 Å². The molecule has 0 spiro atoms. The fourth-order valence-electron chi connectivity index (χ4n) is 2.25. The van der Waals surface area contributed by atoms with Crippen LogP contribution in [0.15, 0.2) is 0 Å². The summed E-state index contributed by atoms with van der Waals surface area (Å²) in [6, 6.07) is 0.140. The van der Waals surface area contributed by atoms with E-state index in [2.05, 4.69) is 0 Å². The van der Waals surface area contributed by atoms with Crippen molar-refractivity contribution in [2.75, 3.05) is 27.2 Å². The van der Waals surface area contributed by atoms with Crippen LogP contribution in [0.2, 0.25) is 0 Å². The summed E-state index contributed by atoms with van der Waals surface area (Å²) in [4.78, 5) is 26.3. The molecule has 17 heavy (non-hydrogen) atoms. The van der Waals surface area contributed by atoms with Crippen molar-refractivity contribution < 1.29 is 14.7 Å². The van der Waals surface area contributed by atoms with E-state index in [1.165, 1.54) is 0 Å². The number of rotatable bonds is 6. The average molecular weight is 242 g/mol. The molecule has 0 atom stereocenters. The fraction of sp³-hybridized carbons (Fsp3) is 0.833. The molecule has 0 aromatic carbocycles. The van der Waals surface area contributed by atoms with Crippen LogP contribution in [0.3, 0.4) is 0 Å². The number of carbonyl (C=O) groups is 2. The summed E-state index contributed by atoms with van der Waals surface area (Å²) >= 11 is 0. The summed E-state index contributed by atoms with van der Waals surface area (Å²) in [5, 5.41) is 8.87. The zero-order chi connectivity index (χ0) is 12.8. The molecule has 1 aliphatic carbocycles. The van der Waals surface area contributed by atoms with Crippen molar-refractivity contribution in [1.29, 1.82) is 0 Å². The molecule has 1 amide bonds. The van der Waals surface area contributed by atoms with Crippen LogP contribution in [-0.4, -0.2) is 60.0 Å². The van der Waals surface area contributed by atoms with E-state index in [0.29, 0.717) is 13.0 Å². The molecule has 5 nitrogen and oxygen atoms in total. The van der Waals surface area contributed by atoms with Gasteiger partial charge in [0.1, 0.15) is 6.54 Å². The van der Waals surface area contributed by atoms with E-state index in [4.69, 9.17) is 5.11 Å². The van der Waals surface area contributed by atoms with Crippen molar-refractivity contribution in [3.63, 3.8) is 0 Å². The van der Waals surface area contributed by atoms with Crippen LogP contribution in [-0.2, 0) is 9.59 Å². The highest BCUT2D eigenvalue weighted by atomic mass is 16.4. The Balaban J connectivity index is 2.54. The minimum absolute atomic E-state index is 0.0343. The number of hydrogen-bond acceptors (Lipinski definition) is 3. The molecule has 0 bridgehead atoms. The first-order valence-corrected chi connectivity index (χ1v) is 6.16. The maximum absolute atomic E-state index is 12.0.